The van der Waals surface area contributed by atoms with E-state index in [2.05, 4.69) is 15.3 Å². The predicted molar refractivity (Wildman–Crippen MR) is 104 cm³/mol. The molecule has 1 unspecified atom stereocenters. The van der Waals surface area contributed by atoms with Gasteiger partial charge in [0.1, 0.15) is 0 Å². The SMILES string of the molecule is CC1(C)OC(C)(C(=O)NCc2ccc(C(F)(F)F)cn2)c2cnc3ccccc3c21. The van der Waals surface area contributed by atoms with E-state index in [1.807, 2.05) is 38.1 Å². The quantitative estimate of drug-likeness (QED) is 0.687. The summed E-state index contributed by atoms with van der Waals surface area (Å²) in [6, 6.07) is 9.84. The van der Waals surface area contributed by atoms with Crippen LogP contribution in [0.25, 0.3) is 10.9 Å². The van der Waals surface area contributed by atoms with Crippen molar-refractivity contribution in [3.05, 3.63) is 71.2 Å². The molecule has 1 aromatic carbocycles. The van der Waals surface area contributed by atoms with E-state index in [0.717, 1.165) is 28.7 Å². The molecule has 0 saturated heterocycles. The van der Waals surface area contributed by atoms with E-state index < -0.39 is 28.8 Å². The summed E-state index contributed by atoms with van der Waals surface area (Å²) < 4.78 is 44.3. The highest BCUT2D eigenvalue weighted by Gasteiger charge is 2.51. The summed E-state index contributed by atoms with van der Waals surface area (Å²) in [5.41, 5.74) is -0.154. The van der Waals surface area contributed by atoms with Crippen LogP contribution in [-0.2, 0) is 33.5 Å². The second-order valence-electron chi connectivity index (χ2n) is 7.93. The zero-order chi connectivity index (χ0) is 21.7. The van der Waals surface area contributed by atoms with Crippen LogP contribution in [0.1, 0.15) is 43.2 Å². The van der Waals surface area contributed by atoms with Gasteiger partial charge in [0.2, 0.25) is 0 Å². The number of carbonyl (C=O) groups is 1. The predicted octanol–water partition coefficient (Wildman–Crippen LogP) is 4.45. The number of alkyl halides is 3. The first kappa shape index (κ1) is 20.3. The van der Waals surface area contributed by atoms with Gasteiger partial charge in [-0.1, -0.05) is 18.2 Å². The Balaban J connectivity index is 1.60. The maximum atomic E-state index is 13.1. The Morgan fingerprint density at radius 2 is 1.80 bits per heavy atom. The normalized spacial score (nSPS) is 20.2. The number of carbonyl (C=O) groups excluding carboxylic acids is 1. The standard InChI is InChI=1S/C22H20F3N3O2/c1-20(2)18-15-6-4-5-7-17(15)27-12-16(18)21(3,30-20)19(29)28-11-14-9-8-13(10-26-14)22(23,24)25/h4-10,12H,11H2,1-3H3,(H,28,29). The summed E-state index contributed by atoms with van der Waals surface area (Å²) in [4.78, 5) is 21.3. The van der Waals surface area contributed by atoms with E-state index in [-0.39, 0.29) is 6.54 Å². The summed E-state index contributed by atoms with van der Waals surface area (Å²) in [5, 5.41) is 3.65. The van der Waals surface area contributed by atoms with Gasteiger partial charge in [-0.05, 0) is 39.0 Å². The number of hydrogen-bond acceptors (Lipinski definition) is 4. The first-order chi connectivity index (χ1) is 14.0. The van der Waals surface area contributed by atoms with Crippen molar-refractivity contribution in [1.82, 2.24) is 15.3 Å². The molecule has 0 bridgehead atoms. The van der Waals surface area contributed by atoms with Gasteiger partial charge >= 0.3 is 6.18 Å². The molecule has 3 heterocycles. The maximum absolute atomic E-state index is 13.1. The summed E-state index contributed by atoms with van der Waals surface area (Å²) >= 11 is 0. The topological polar surface area (TPSA) is 64.1 Å². The van der Waals surface area contributed by atoms with Crippen molar-refractivity contribution < 1.29 is 22.7 Å². The van der Waals surface area contributed by atoms with Gasteiger partial charge < -0.3 is 10.1 Å². The highest BCUT2D eigenvalue weighted by Crippen LogP contribution is 2.49. The van der Waals surface area contributed by atoms with Gasteiger partial charge in [-0.3, -0.25) is 14.8 Å². The minimum absolute atomic E-state index is 0.0211. The molecular formula is C22H20F3N3O2. The summed E-state index contributed by atoms with van der Waals surface area (Å²) in [6.07, 6.45) is -2.04. The Bertz CT molecular complexity index is 1130. The molecular weight excluding hydrogens is 395 g/mol. The van der Waals surface area contributed by atoms with E-state index in [1.54, 1.807) is 13.1 Å². The fourth-order valence-corrected chi connectivity index (χ4v) is 3.97. The van der Waals surface area contributed by atoms with E-state index in [1.165, 1.54) is 6.07 Å². The number of pyridine rings is 2. The summed E-state index contributed by atoms with van der Waals surface area (Å²) in [6.45, 7) is 5.45. The monoisotopic (exact) mass is 415 g/mol. The number of nitrogens with one attached hydrogen (secondary N) is 1. The summed E-state index contributed by atoms with van der Waals surface area (Å²) in [7, 11) is 0. The second kappa shape index (κ2) is 6.77. The Morgan fingerprint density at radius 3 is 2.47 bits per heavy atom. The Morgan fingerprint density at radius 1 is 1.07 bits per heavy atom. The minimum Gasteiger partial charge on any atom is -0.350 e. The lowest BCUT2D eigenvalue weighted by atomic mass is 9.88. The Kier molecular flexibility index (Phi) is 4.58. The number of fused-ring (bicyclic) bond motifs is 3. The number of halogens is 3. The fourth-order valence-electron chi connectivity index (χ4n) is 3.97. The Hall–Kier alpha value is -3.00. The van der Waals surface area contributed by atoms with E-state index in [9.17, 15) is 18.0 Å². The zero-order valence-electron chi connectivity index (χ0n) is 16.7. The van der Waals surface area contributed by atoms with Gasteiger partial charge in [-0.2, -0.15) is 13.2 Å². The first-order valence-electron chi connectivity index (χ1n) is 9.42. The molecule has 2 aromatic heterocycles. The smallest absolute Gasteiger partial charge is 0.350 e. The molecule has 156 valence electrons. The third-order valence-corrected chi connectivity index (χ3v) is 5.37. The molecule has 4 rings (SSSR count). The molecule has 1 atom stereocenters. The molecule has 0 aliphatic carbocycles. The van der Waals surface area contributed by atoms with Crippen molar-refractivity contribution in [2.24, 2.45) is 0 Å². The van der Waals surface area contributed by atoms with Crippen molar-refractivity contribution in [3.63, 3.8) is 0 Å². The molecule has 0 radical (unpaired) electrons. The van der Waals surface area contributed by atoms with Crippen molar-refractivity contribution in [2.45, 2.75) is 44.7 Å². The van der Waals surface area contributed by atoms with E-state index in [4.69, 9.17) is 4.74 Å². The molecule has 1 aliphatic heterocycles. The minimum atomic E-state index is -4.45. The number of para-hydroxylation sites is 1. The lowest BCUT2D eigenvalue weighted by Crippen LogP contribution is -2.43. The number of amides is 1. The Labute approximate surface area is 171 Å². The number of rotatable bonds is 3. The molecule has 0 fully saturated rings. The summed E-state index contributed by atoms with van der Waals surface area (Å²) in [5.74, 6) is -0.409. The van der Waals surface area contributed by atoms with Crippen LogP contribution in [-0.4, -0.2) is 15.9 Å². The molecule has 5 nitrogen and oxygen atoms in total. The van der Waals surface area contributed by atoms with Crippen LogP contribution in [0.5, 0.6) is 0 Å². The third kappa shape index (κ3) is 3.31. The van der Waals surface area contributed by atoms with Gasteiger partial charge in [0, 0.05) is 28.9 Å². The van der Waals surface area contributed by atoms with Crippen molar-refractivity contribution in [2.75, 3.05) is 0 Å². The molecule has 1 aliphatic rings. The van der Waals surface area contributed by atoms with Gasteiger partial charge in [-0.25, -0.2) is 0 Å². The average molecular weight is 415 g/mol. The highest BCUT2D eigenvalue weighted by molar-refractivity contribution is 5.92. The number of nitrogens with zero attached hydrogens (tertiary/aromatic N) is 2. The molecule has 0 saturated carbocycles. The maximum Gasteiger partial charge on any atom is 0.417 e. The first-order valence-corrected chi connectivity index (χ1v) is 9.42. The van der Waals surface area contributed by atoms with Crippen molar-refractivity contribution >= 4 is 16.8 Å². The van der Waals surface area contributed by atoms with Gasteiger partial charge in [0.15, 0.2) is 5.60 Å². The largest absolute Gasteiger partial charge is 0.417 e. The second-order valence-corrected chi connectivity index (χ2v) is 7.93. The molecule has 0 spiro atoms. The lowest BCUT2D eigenvalue weighted by molar-refractivity contribution is -0.161. The molecule has 1 amide bonds. The van der Waals surface area contributed by atoms with Crippen molar-refractivity contribution in [1.29, 1.82) is 0 Å². The third-order valence-electron chi connectivity index (χ3n) is 5.37. The average Bonchev–Trinajstić information content (AvgIpc) is 2.92. The van der Waals surface area contributed by atoms with Crippen LogP contribution < -0.4 is 5.32 Å². The van der Waals surface area contributed by atoms with Crippen LogP contribution >= 0.6 is 0 Å². The van der Waals surface area contributed by atoms with E-state index in [0.29, 0.717) is 11.3 Å². The zero-order valence-corrected chi connectivity index (χ0v) is 16.7. The van der Waals surface area contributed by atoms with Crippen LogP contribution in [0.4, 0.5) is 13.2 Å². The van der Waals surface area contributed by atoms with Crippen molar-refractivity contribution in [3.8, 4) is 0 Å². The van der Waals surface area contributed by atoms with E-state index >= 15 is 0 Å². The number of ether oxygens (including phenoxy) is 1. The van der Waals surface area contributed by atoms with Gasteiger partial charge in [-0.15, -0.1) is 0 Å². The molecule has 30 heavy (non-hydrogen) atoms. The van der Waals surface area contributed by atoms with Crippen LogP contribution in [0.3, 0.4) is 0 Å². The van der Waals surface area contributed by atoms with Gasteiger partial charge in [0.05, 0.1) is 28.9 Å². The van der Waals surface area contributed by atoms with Crippen LogP contribution in [0.2, 0.25) is 0 Å². The molecule has 1 N–H and O–H groups in total. The number of aromatic nitrogens is 2. The van der Waals surface area contributed by atoms with Gasteiger partial charge in [0.25, 0.3) is 5.91 Å². The highest BCUT2D eigenvalue weighted by atomic mass is 19.4. The number of hydrogen-bond donors (Lipinski definition) is 1. The molecule has 3 aromatic rings. The lowest BCUT2D eigenvalue weighted by Gasteiger charge is -2.27. The van der Waals surface area contributed by atoms with Crippen LogP contribution in [0, 0.1) is 0 Å². The number of benzene rings is 1. The fraction of sp³-hybridized carbons (Fsp3) is 0.318. The molecule has 8 heteroatoms. The van der Waals surface area contributed by atoms with Crippen LogP contribution in [0.15, 0.2) is 48.8 Å².